The molecule has 0 aliphatic rings. The summed E-state index contributed by atoms with van der Waals surface area (Å²) in [6, 6.07) is 0. The van der Waals surface area contributed by atoms with Crippen LogP contribution in [-0.4, -0.2) is 26.3 Å². The maximum atomic E-state index is 11.7. The fraction of sp³-hybridized carbons (Fsp3) is 0.625. The van der Waals surface area contributed by atoms with Crippen LogP contribution in [0.25, 0.3) is 0 Å². The fourth-order valence-corrected chi connectivity index (χ4v) is 1.97. The third-order valence-corrected chi connectivity index (χ3v) is 2.96. The van der Waals surface area contributed by atoms with Crippen molar-refractivity contribution in [3.05, 3.63) is 11.9 Å². The van der Waals surface area contributed by atoms with E-state index in [2.05, 4.69) is 4.74 Å². The van der Waals surface area contributed by atoms with Gasteiger partial charge in [0, 0.05) is 11.9 Å². The maximum Gasteiger partial charge on any atom is 0.354 e. The topological polar surface area (TPSA) is 61.8 Å². The predicted molar refractivity (Wildman–Crippen MR) is 52.0 cm³/mol. The van der Waals surface area contributed by atoms with Crippen LogP contribution in [0.15, 0.2) is 11.9 Å². The first-order chi connectivity index (χ1) is 6.58. The Hall–Kier alpha value is -0.640. The molecule has 0 bridgehead atoms. The van der Waals surface area contributed by atoms with Gasteiger partial charge >= 0.3 is 13.6 Å². The van der Waals surface area contributed by atoms with E-state index in [-0.39, 0.29) is 13.2 Å². The number of methoxy groups -OCH3 is 1. The highest BCUT2D eigenvalue weighted by Crippen LogP contribution is 2.49. The molecule has 0 atom stereocenters. The summed E-state index contributed by atoms with van der Waals surface area (Å²) in [6.45, 7) is 3.89. The highest BCUT2D eigenvalue weighted by Gasteiger charge is 2.19. The Balaban J connectivity index is 4.43. The summed E-state index contributed by atoms with van der Waals surface area (Å²) in [6.07, 6.45) is 1.03. The molecule has 0 amide bonds. The van der Waals surface area contributed by atoms with Gasteiger partial charge in [0.05, 0.1) is 20.3 Å². The van der Waals surface area contributed by atoms with Crippen molar-refractivity contribution in [2.75, 3.05) is 20.3 Å². The summed E-state index contributed by atoms with van der Waals surface area (Å²) in [7, 11) is -2.03. The second-order valence-corrected chi connectivity index (χ2v) is 4.11. The molecule has 0 unspecified atom stereocenters. The van der Waals surface area contributed by atoms with Crippen LogP contribution < -0.4 is 0 Å². The van der Waals surface area contributed by atoms with Gasteiger partial charge in [-0.25, -0.2) is 4.79 Å². The summed E-state index contributed by atoms with van der Waals surface area (Å²) in [4.78, 5) is 10.7. The maximum absolute atomic E-state index is 11.7. The Bertz CT molecular complexity index is 238. The zero-order valence-corrected chi connectivity index (χ0v) is 9.45. The monoisotopic (exact) mass is 222 g/mol. The summed E-state index contributed by atoms with van der Waals surface area (Å²) >= 11 is 0. The van der Waals surface area contributed by atoms with Crippen LogP contribution >= 0.6 is 7.60 Å². The number of rotatable bonds is 6. The van der Waals surface area contributed by atoms with Crippen molar-refractivity contribution in [3.8, 4) is 0 Å². The molecule has 0 N–H and O–H groups in total. The molecule has 0 saturated heterocycles. The van der Waals surface area contributed by atoms with Crippen molar-refractivity contribution in [1.29, 1.82) is 0 Å². The van der Waals surface area contributed by atoms with Crippen LogP contribution in [0.3, 0.4) is 0 Å². The second-order valence-electron chi connectivity index (χ2n) is 2.21. The zero-order chi connectivity index (χ0) is 11.0. The molecule has 5 nitrogen and oxygen atoms in total. The fourth-order valence-electron chi connectivity index (χ4n) is 0.703. The lowest BCUT2D eigenvalue weighted by Gasteiger charge is -2.11. The Morgan fingerprint density at radius 3 is 2.14 bits per heavy atom. The summed E-state index contributed by atoms with van der Waals surface area (Å²) in [5.41, 5.74) is 0. The average molecular weight is 222 g/mol. The van der Waals surface area contributed by atoms with Crippen molar-refractivity contribution in [2.24, 2.45) is 0 Å². The number of hydrogen-bond acceptors (Lipinski definition) is 5. The first-order valence-electron chi connectivity index (χ1n) is 4.24. The standard InChI is InChI=1S/C8H15O5P/c1-4-12-14(10,13-5-2)7-6-8(9)11-3/h6-7H,4-5H2,1-3H3. The van der Waals surface area contributed by atoms with E-state index in [1.54, 1.807) is 13.8 Å². The molecule has 82 valence electrons. The van der Waals surface area contributed by atoms with E-state index in [1.807, 2.05) is 0 Å². The first-order valence-corrected chi connectivity index (χ1v) is 5.85. The number of esters is 1. The van der Waals surface area contributed by atoms with E-state index < -0.39 is 13.6 Å². The minimum atomic E-state index is -3.27. The Morgan fingerprint density at radius 1 is 1.29 bits per heavy atom. The molecule has 0 fully saturated rings. The van der Waals surface area contributed by atoms with Gasteiger partial charge in [-0.05, 0) is 13.8 Å². The van der Waals surface area contributed by atoms with Gasteiger partial charge in [0.15, 0.2) is 0 Å². The molecule has 6 heteroatoms. The van der Waals surface area contributed by atoms with Crippen LogP contribution in [-0.2, 0) is 23.1 Å². The number of hydrogen-bond donors (Lipinski definition) is 0. The Labute approximate surface area is 83.6 Å². The van der Waals surface area contributed by atoms with Crippen LogP contribution in [0.4, 0.5) is 0 Å². The number of carbonyl (C=O) groups is 1. The zero-order valence-electron chi connectivity index (χ0n) is 8.56. The molecule has 14 heavy (non-hydrogen) atoms. The molecule has 0 radical (unpaired) electrons. The van der Waals surface area contributed by atoms with Crippen molar-refractivity contribution in [1.82, 2.24) is 0 Å². The van der Waals surface area contributed by atoms with Gasteiger partial charge in [0.25, 0.3) is 0 Å². The molecule has 0 saturated carbocycles. The van der Waals surface area contributed by atoms with Crippen molar-refractivity contribution >= 4 is 13.6 Å². The molecule has 0 rings (SSSR count). The molecule has 0 aromatic carbocycles. The molecule has 0 aliphatic carbocycles. The quantitative estimate of drug-likeness (QED) is 0.390. The van der Waals surface area contributed by atoms with Gasteiger partial charge in [-0.1, -0.05) is 0 Å². The van der Waals surface area contributed by atoms with E-state index in [0.717, 1.165) is 11.9 Å². The second kappa shape index (κ2) is 6.76. The number of ether oxygens (including phenoxy) is 1. The van der Waals surface area contributed by atoms with Crippen LogP contribution in [0, 0.1) is 0 Å². The molecule has 0 aliphatic heterocycles. The minimum absolute atomic E-state index is 0.253. The van der Waals surface area contributed by atoms with Gasteiger partial charge in [-0.15, -0.1) is 0 Å². The molecular formula is C8H15O5P. The van der Waals surface area contributed by atoms with Gasteiger partial charge in [-0.2, -0.15) is 0 Å². The number of carbonyl (C=O) groups excluding carboxylic acids is 1. The van der Waals surface area contributed by atoms with E-state index in [1.165, 1.54) is 7.11 Å². The Morgan fingerprint density at radius 2 is 1.79 bits per heavy atom. The van der Waals surface area contributed by atoms with Gasteiger partial charge < -0.3 is 13.8 Å². The third kappa shape index (κ3) is 5.17. The lowest BCUT2D eigenvalue weighted by molar-refractivity contribution is -0.134. The molecule has 0 spiro atoms. The predicted octanol–water partition coefficient (Wildman–Crippen LogP) is 1.94. The third-order valence-electron chi connectivity index (χ3n) is 1.21. The smallest absolute Gasteiger partial charge is 0.354 e. The SMILES string of the molecule is CCOP(=O)(C=CC(=O)OC)OCC. The molecular weight excluding hydrogens is 207 g/mol. The highest BCUT2D eigenvalue weighted by atomic mass is 31.2. The minimum Gasteiger partial charge on any atom is -0.466 e. The summed E-state index contributed by atoms with van der Waals surface area (Å²) in [5, 5.41) is 0. The largest absolute Gasteiger partial charge is 0.466 e. The lowest BCUT2D eigenvalue weighted by Crippen LogP contribution is -1.96. The molecule has 0 heterocycles. The molecule has 0 aromatic heterocycles. The first kappa shape index (κ1) is 13.4. The lowest BCUT2D eigenvalue weighted by atomic mass is 10.7. The van der Waals surface area contributed by atoms with Crippen molar-refractivity contribution < 1.29 is 23.1 Å². The summed E-state index contributed by atoms with van der Waals surface area (Å²) < 4.78 is 25.8. The highest BCUT2D eigenvalue weighted by molar-refractivity contribution is 7.57. The van der Waals surface area contributed by atoms with Gasteiger partial charge in [0.2, 0.25) is 0 Å². The van der Waals surface area contributed by atoms with E-state index in [4.69, 9.17) is 9.05 Å². The summed E-state index contributed by atoms with van der Waals surface area (Å²) in [5.74, 6) is 0.510. The van der Waals surface area contributed by atoms with E-state index in [0.29, 0.717) is 0 Å². The van der Waals surface area contributed by atoms with Crippen LogP contribution in [0.1, 0.15) is 13.8 Å². The van der Waals surface area contributed by atoms with Gasteiger partial charge in [-0.3, -0.25) is 4.57 Å². The van der Waals surface area contributed by atoms with Crippen LogP contribution in [0.2, 0.25) is 0 Å². The normalized spacial score (nSPS) is 11.9. The van der Waals surface area contributed by atoms with Gasteiger partial charge in [0.1, 0.15) is 0 Å². The van der Waals surface area contributed by atoms with E-state index >= 15 is 0 Å². The van der Waals surface area contributed by atoms with E-state index in [9.17, 15) is 9.36 Å². The Kier molecular flexibility index (Phi) is 6.45. The van der Waals surface area contributed by atoms with Crippen molar-refractivity contribution in [2.45, 2.75) is 13.8 Å². The van der Waals surface area contributed by atoms with Crippen molar-refractivity contribution in [3.63, 3.8) is 0 Å². The average Bonchev–Trinajstić information content (AvgIpc) is 2.15. The molecule has 0 aromatic rings. The van der Waals surface area contributed by atoms with Crippen LogP contribution in [0.5, 0.6) is 0 Å².